The highest BCUT2D eigenvalue weighted by atomic mass is 16.2. The summed E-state index contributed by atoms with van der Waals surface area (Å²) in [6.45, 7) is 2.88. The van der Waals surface area contributed by atoms with Gasteiger partial charge in [0.15, 0.2) is 0 Å². The average Bonchev–Trinajstić information content (AvgIpc) is 2.30. The summed E-state index contributed by atoms with van der Waals surface area (Å²) in [5, 5.41) is 7.04. The van der Waals surface area contributed by atoms with E-state index >= 15 is 0 Å². The highest BCUT2D eigenvalue weighted by Gasteiger charge is 2.15. The minimum Gasteiger partial charge on any atom is -0.334 e. The summed E-state index contributed by atoms with van der Waals surface area (Å²) < 4.78 is 0. The zero-order valence-corrected chi connectivity index (χ0v) is 10.5. The number of nitrogens with one attached hydrogen (secondary N) is 1. The van der Waals surface area contributed by atoms with E-state index in [-0.39, 0.29) is 6.03 Å². The number of hydrogen-bond donors (Lipinski definition) is 1. The van der Waals surface area contributed by atoms with Crippen LogP contribution in [0, 0.1) is 0 Å². The van der Waals surface area contributed by atoms with Gasteiger partial charge in [-0.25, -0.2) is 10.1 Å². The second kappa shape index (κ2) is 8.43. The Morgan fingerprint density at radius 1 is 1.19 bits per heavy atom. The Kier molecular flexibility index (Phi) is 7.02. The van der Waals surface area contributed by atoms with Crippen LogP contribution in [0.15, 0.2) is 0 Å². The molecule has 1 N–H and O–H groups in total. The minimum atomic E-state index is -0.0941. The third kappa shape index (κ3) is 5.99. The molecule has 0 spiro atoms. The molecule has 3 heteroatoms. The molecular formula is C13H25N2O. The SMILES string of the molecule is CCCCCC[N]C(=O)NC1CCCCC1. The van der Waals surface area contributed by atoms with E-state index in [1.165, 1.54) is 38.5 Å². The number of carbonyl (C=O) groups excluding carboxylic acids is 1. The molecule has 0 saturated heterocycles. The molecule has 0 aromatic carbocycles. The Labute approximate surface area is 99.4 Å². The van der Waals surface area contributed by atoms with Gasteiger partial charge in [0.1, 0.15) is 0 Å². The van der Waals surface area contributed by atoms with Crippen molar-refractivity contribution in [3.8, 4) is 0 Å². The van der Waals surface area contributed by atoms with Crippen LogP contribution in [0.3, 0.4) is 0 Å². The second-order valence-electron chi connectivity index (χ2n) is 4.73. The van der Waals surface area contributed by atoms with E-state index in [2.05, 4.69) is 17.6 Å². The van der Waals surface area contributed by atoms with Crippen LogP contribution in [-0.2, 0) is 0 Å². The number of unbranched alkanes of at least 4 members (excludes halogenated alkanes) is 3. The van der Waals surface area contributed by atoms with E-state index in [9.17, 15) is 4.79 Å². The maximum Gasteiger partial charge on any atom is 0.336 e. The molecular weight excluding hydrogens is 200 g/mol. The van der Waals surface area contributed by atoms with E-state index in [1.807, 2.05) is 0 Å². The number of hydrogen-bond acceptors (Lipinski definition) is 1. The number of carbonyl (C=O) groups is 1. The predicted octanol–water partition coefficient (Wildman–Crippen LogP) is 3.21. The van der Waals surface area contributed by atoms with E-state index in [4.69, 9.17) is 0 Å². The fourth-order valence-corrected chi connectivity index (χ4v) is 2.19. The number of amides is 2. The van der Waals surface area contributed by atoms with Gasteiger partial charge in [-0.05, 0) is 19.3 Å². The molecule has 1 aliphatic rings. The summed E-state index contributed by atoms with van der Waals surface area (Å²) in [4.78, 5) is 11.5. The zero-order valence-electron chi connectivity index (χ0n) is 10.5. The van der Waals surface area contributed by atoms with Gasteiger partial charge >= 0.3 is 6.03 Å². The molecule has 0 heterocycles. The molecule has 2 amide bonds. The van der Waals surface area contributed by atoms with Gasteiger partial charge < -0.3 is 5.32 Å². The standard InChI is InChI=1S/C13H25N2O/c1-2-3-4-8-11-14-13(16)15-12-9-6-5-7-10-12/h12H,2-11H2,1H3,(H,15,16). The molecule has 0 aromatic rings. The zero-order chi connectivity index (χ0) is 11.6. The molecule has 0 unspecified atom stereocenters. The Morgan fingerprint density at radius 2 is 1.94 bits per heavy atom. The first-order chi connectivity index (χ1) is 7.83. The summed E-state index contributed by atoms with van der Waals surface area (Å²) in [6.07, 6.45) is 10.8. The van der Waals surface area contributed by atoms with Crippen molar-refractivity contribution in [2.24, 2.45) is 0 Å². The van der Waals surface area contributed by atoms with Crippen molar-refractivity contribution in [3.05, 3.63) is 0 Å². The normalized spacial score (nSPS) is 17.1. The molecule has 3 nitrogen and oxygen atoms in total. The summed E-state index contributed by atoms with van der Waals surface area (Å²) in [7, 11) is 0. The van der Waals surface area contributed by atoms with Gasteiger partial charge in [0.2, 0.25) is 0 Å². The molecule has 1 radical (unpaired) electrons. The molecule has 0 bridgehead atoms. The summed E-state index contributed by atoms with van der Waals surface area (Å²) >= 11 is 0. The molecule has 1 aliphatic carbocycles. The molecule has 1 saturated carbocycles. The lowest BCUT2D eigenvalue weighted by Crippen LogP contribution is -2.40. The Morgan fingerprint density at radius 3 is 2.62 bits per heavy atom. The number of rotatable bonds is 6. The Balaban J connectivity index is 1.97. The number of urea groups is 1. The van der Waals surface area contributed by atoms with Gasteiger partial charge in [-0.1, -0.05) is 45.4 Å². The van der Waals surface area contributed by atoms with Gasteiger partial charge in [-0.15, -0.1) is 0 Å². The Hall–Kier alpha value is -0.730. The smallest absolute Gasteiger partial charge is 0.334 e. The lowest BCUT2D eigenvalue weighted by Gasteiger charge is -2.22. The largest absolute Gasteiger partial charge is 0.336 e. The van der Waals surface area contributed by atoms with Crippen LogP contribution >= 0.6 is 0 Å². The van der Waals surface area contributed by atoms with Crippen molar-refractivity contribution in [1.29, 1.82) is 0 Å². The highest BCUT2D eigenvalue weighted by molar-refractivity contribution is 5.73. The molecule has 16 heavy (non-hydrogen) atoms. The monoisotopic (exact) mass is 225 g/mol. The van der Waals surface area contributed by atoms with E-state index in [1.54, 1.807) is 0 Å². The Bertz CT molecular complexity index is 188. The topological polar surface area (TPSA) is 43.2 Å². The van der Waals surface area contributed by atoms with Crippen LogP contribution in [0.5, 0.6) is 0 Å². The molecule has 1 fully saturated rings. The van der Waals surface area contributed by atoms with Crippen molar-refractivity contribution >= 4 is 6.03 Å². The molecule has 0 atom stereocenters. The minimum absolute atomic E-state index is 0.0941. The molecule has 93 valence electrons. The summed E-state index contributed by atoms with van der Waals surface area (Å²) in [5.74, 6) is 0. The number of nitrogens with zero attached hydrogens (tertiary/aromatic N) is 1. The average molecular weight is 225 g/mol. The molecule has 0 aliphatic heterocycles. The van der Waals surface area contributed by atoms with Gasteiger partial charge in [-0.3, -0.25) is 0 Å². The van der Waals surface area contributed by atoms with Gasteiger partial charge in [0.05, 0.1) is 0 Å². The first-order valence-corrected chi connectivity index (χ1v) is 6.81. The van der Waals surface area contributed by atoms with E-state index < -0.39 is 0 Å². The quantitative estimate of drug-likeness (QED) is 0.693. The van der Waals surface area contributed by atoms with Crippen molar-refractivity contribution in [2.75, 3.05) is 6.54 Å². The van der Waals surface area contributed by atoms with Crippen molar-refractivity contribution in [3.63, 3.8) is 0 Å². The molecule has 0 aromatic heterocycles. The third-order valence-corrected chi connectivity index (χ3v) is 3.20. The van der Waals surface area contributed by atoms with Crippen molar-refractivity contribution < 1.29 is 4.79 Å². The highest BCUT2D eigenvalue weighted by Crippen LogP contribution is 2.17. The van der Waals surface area contributed by atoms with Gasteiger partial charge in [-0.2, -0.15) is 0 Å². The second-order valence-corrected chi connectivity index (χ2v) is 4.73. The predicted molar refractivity (Wildman–Crippen MR) is 66.5 cm³/mol. The van der Waals surface area contributed by atoms with Crippen LogP contribution < -0.4 is 10.6 Å². The third-order valence-electron chi connectivity index (χ3n) is 3.20. The van der Waals surface area contributed by atoms with Crippen molar-refractivity contribution in [2.45, 2.75) is 70.8 Å². The summed E-state index contributed by atoms with van der Waals surface area (Å²) in [6, 6.07) is 0.295. The van der Waals surface area contributed by atoms with Gasteiger partial charge in [0.25, 0.3) is 0 Å². The first-order valence-electron chi connectivity index (χ1n) is 6.81. The van der Waals surface area contributed by atoms with Crippen LogP contribution in [0.2, 0.25) is 0 Å². The molecule has 1 rings (SSSR count). The van der Waals surface area contributed by atoms with Crippen LogP contribution in [0.4, 0.5) is 4.79 Å². The van der Waals surface area contributed by atoms with Crippen LogP contribution in [0.1, 0.15) is 64.7 Å². The van der Waals surface area contributed by atoms with Crippen molar-refractivity contribution in [1.82, 2.24) is 10.6 Å². The van der Waals surface area contributed by atoms with E-state index in [0.29, 0.717) is 12.6 Å². The lowest BCUT2D eigenvalue weighted by atomic mass is 9.96. The fraction of sp³-hybridized carbons (Fsp3) is 0.923. The summed E-state index contributed by atoms with van der Waals surface area (Å²) in [5.41, 5.74) is 0. The van der Waals surface area contributed by atoms with Crippen LogP contribution in [-0.4, -0.2) is 18.6 Å². The maximum atomic E-state index is 11.5. The van der Waals surface area contributed by atoms with E-state index in [0.717, 1.165) is 19.3 Å². The van der Waals surface area contributed by atoms with Gasteiger partial charge in [0, 0.05) is 12.6 Å². The van der Waals surface area contributed by atoms with Crippen LogP contribution in [0.25, 0.3) is 0 Å². The maximum absolute atomic E-state index is 11.5. The fourth-order valence-electron chi connectivity index (χ4n) is 2.19. The lowest BCUT2D eigenvalue weighted by molar-refractivity contribution is 0.231. The first kappa shape index (κ1) is 13.3.